The van der Waals surface area contributed by atoms with Crippen molar-refractivity contribution in [2.75, 3.05) is 5.32 Å². The van der Waals surface area contributed by atoms with E-state index < -0.39 is 0 Å². The molecule has 0 saturated carbocycles. The summed E-state index contributed by atoms with van der Waals surface area (Å²) < 4.78 is 2.00. The summed E-state index contributed by atoms with van der Waals surface area (Å²) >= 11 is 0. The van der Waals surface area contributed by atoms with E-state index in [0.29, 0.717) is 5.56 Å². The summed E-state index contributed by atoms with van der Waals surface area (Å²) in [6.45, 7) is 4.96. The molecule has 128 valence electrons. The zero-order valence-corrected chi connectivity index (χ0v) is 14.7. The number of benzene rings is 2. The maximum absolute atomic E-state index is 12.7. The van der Waals surface area contributed by atoms with Gasteiger partial charge in [-0.3, -0.25) is 4.79 Å². The van der Waals surface area contributed by atoms with Crippen molar-refractivity contribution in [3.05, 3.63) is 83.4 Å². The van der Waals surface area contributed by atoms with Gasteiger partial charge in [0.15, 0.2) is 0 Å². The molecule has 0 aliphatic rings. The molecule has 0 aliphatic carbocycles. The second-order valence-electron chi connectivity index (χ2n) is 6.04. The number of carbonyl (C=O) groups excluding carboxylic acids is 1. The molecule has 1 heterocycles. The standard InChI is InChI=1S/C21H23N3O/c1-3-17-6-5-7-18(4-2)20(17)23-21(25)19-10-8-16(9-11-19)14-24-13-12-22-15-24/h5-13,15H,3-4,14H2,1-2H3,(H,23,25). The van der Waals surface area contributed by atoms with Gasteiger partial charge < -0.3 is 9.88 Å². The second kappa shape index (κ2) is 7.79. The normalized spacial score (nSPS) is 10.6. The van der Waals surface area contributed by atoms with E-state index in [-0.39, 0.29) is 5.91 Å². The van der Waals surface area contributed by atoms with Crippen LogP contribution in [0.5, 0.6) is 0 Å². The summed E-state index contributed by atoms with van der Waals surface area (Å²) in [4.78, 5) is 16.7. The fraction of sp³-hybridized carbons (Fsp3) is 0.238. The van der Waals surface area contributed by atoms with Gasteiger partial charge in [0, 0.05) is 30.2 Å². The second-order valence-corrected chi connectivity index (χ2v) is 6.04. The lowest BCUT2D eigenvalue weighted by Gasteiger charge is -2.14. The summed E-state index contributed by atoms with van der Waals surface area (Å²) in [7, 11) is 0. The number of para-hydroxylation sites is 1. The first-order valence-corrected chi connectivity index (χ1v) is 8.68. The Labute approximate surface area is 148 Å². The van der Waals surface area contributed by atoms with Crippen LogP contribution in [0.25, 0.3) is 0 Å². The van der Waals surface area contributed by atoms with Crippen molar-refractivity contribution in [2.45, 2.75) is 33.2 Å². The van der Waals surface area contributed by atoms with Crippen molar-refractivity contribution in [3.8, 4) is 0 Å². The van der Waals surface area contributed by atoms with Crippen LogP contribution in [0.15, 0.2) is 61.2 Å². The van der Waals surface area contributed by atoms with Gasteiger partial charge in [0.05, 0.1) is 6.33 Å². The average molecular weight is 333 g/mol. The number of aromatic nitrogens is 2. The SMILES string of the molecule is CCc1cccc(CC)c1NC(=O)c1ccc(Cn2ccnc2)cc1. The number of nitrogens with zero attached hydrogens (tertiary/aromatic N) is 2. The lowest BCUT2D eigenvalue weighted by Crippen LogP contribution is -2.15. The van der Waals surface area contributed by atoms with Gasteiger partial charge in [-0.25, -0.2) is 4.98 Å². The van der Waals surface area contributed by atoms with Crippen LogP contribution in [0.1, 0.15) is 40.9 Å². The van der Waals surface area contributed by atoms with Crippen LogP contribution < -0.4 is 5.32 Å². The summed E-state index contributed by atoms with van der Waals surface area (Å²) in [5.41, 5.74) is 5.11. The highest BCUT2D eigenvalue weighted by molar-refractivity contribution is 6.05. The topological polar surface area (TPSA) is 46.9 Å². The minimum Gasteiger partial charge on any atom is -0.333 e. The fourth-order valence-electron chi connectivity index (χ4n) is 2.94. The Balaban J connectivity index is 1.75. The number of hydrogen-bond acceptors (Lipinski definition) is 2. The number of aryl methyl sites for hydroxylation is 2. The third-order valence-corrected chi connectivity index (χ3v) is 4.38. The van der Waals surface area contributed by atoms with Gasteiger partial charge in [-0.05, 0) is 41.7 Å². The number of rotatable bonds is 6. The van der Waals surface area contributed by atoms with Crippen molar-refractivity contribution in [1.29, 1.82) is 0 Å². The van der Waals surface area contributed by atoms with E-state index in [1.165, 1.54) is 11.1 Å². The molecule has 25 heavy (non-hydrogen) atoms. The van der Waals surface area contributed by atoms with Crippen LogP contribution >= 0.6 is 0 Å². The first-order chi connectivity index (χ1) is 12.2. The molecular formula is C21H23N3O. The molecule has 1 amide bonds. The Hall–Kier alpha value is -2.88. The van der Waals surface area contributed by atoms with E-state index in [4.69, 9.17) is 0 Å². The summed E-state index contributed by atoms with van der Waals surface area (Å²) in [6, 6.07) is 13.9. The van der Waals surface area contributed by atoms with Gasteiger partial charge in [0.25, 0.3) is 5.91 Å². The molecule has 4 nitrogen and oxygen atoms in total. The maximum atomic E-state index is 12.7. The molecule has 0 aliphatic heterocycles. The molecule has 3 aromatic rings. The Morgan fingerprint density at radius 2 is 1.72 bits per heavy atom. The van der Waals surface area contributed by atoms with Crippen molar-refractivity contribution >= 4 is 11.6 Å². The number of nitrogens with one attached hydrogen (secondary N) is 1. The van der Waals surface area contributed by atoms with E-state index in [2.05, 4.69) is 42.3 Å². The molecule has 0 bridgehead atoms. The van der Waals surface area contributed by atoms with Crippen LogP contribution in [0.2, 0.25) is 0 Å². The number of anilines is 1. The van der Waals surface area contributed by atoms with Crippen LogP contribution in [0.3, 0.4) is 0 Å². The van der Waals surface area contributed by atoms with Crippen molar-refractivity contribution in [1.82, 2.24) is 9.55 Å². The van der Waals surface area contributed by atoms with Gasteiger partial charge in [0.1, 0.15) is 0 Å². The molecular weight excluding hydrogens is 310 g/mol. The lowest BCUT2D eigenvalue weighted by atomic mass is 10.0. The predicted octanol–water partition coefficient (Wildman–Crippen LogP) is 4.31. The Morgan fingerprint density at radius 3 is 2.28 bits per heavy atom. The number of carbonyl (C=O) groups is 1. The molecule has 4 heteroatoms. The quantitative estimate of drug-likeness (QED) is 0.731. The highest BCUT2D eigenvalue weighted by Gasteiger charge is 2.11. The molecule has 0 radical (unpaired) electrons. The molecule has 1 N–H and O–H groups in total. The molecule has 1 aromatic heterocycles. The van der Waals surface area contributed by atoms with Gasteiger partial charge >= 0.3 is 0 Å². The van der Waals surface area contributed by atoms with Gasteiger partial charge in [-0.15, -0.1) is 0 Å². The van der Waals surface area contributed by atoms with Crippen LogP contribution in [-0.4, -0.2) is 15.5 Å². The van der Waals surface area contributed by atoms with Crippen molar-refractivity contribution in [2.24, 2.45) is 0 Å². The van der Waals surface area contributed by atoms with E-state index in [1.807, 2.05) is 35.0 Å². The molecule has 0 fully saturated rings. The zero-order chi connectivity index (χ0) is 17.6. The average Bonchev–Trinajstić information content (AvgIpc) is 3.15. The fourth-order valence-corrected chi connectivity index (χ4v) is 2.94. The van der Waals surface area contributed by atoms with Crippen LogP contribution in [-0.2, 0) is 19.4 Å². The zero-order valence-electron chi connectivity index (χ0n) is 14.7. The Bertz CT molecular complexity index is 814. The summed E-state index contributed by atoms with van der Waals surface area (Å²) in [5.74, 6) is -0.0650. The Morgan fingerprint density at radius 1 is 1.04 bits per heavy atom. The number of hydrogen-bond donors (Lipinski definition) is 1. The molecule has 0 unspecified atom stereocenters. The molecule has 3 rings (SSSR count). The third kappa shape index (κ3) is 3.97. The number of imidazole rings is 1. The first kappa shape index (κ1) is 17.0. The largest absolute Gasteiger partial charge is 0.333 e. The lowest BCUT2D eigenvalue weighted by molar-refractivity contribution is 0.102. The summed E-state index contributed by atoms with van der Waals surface area (Å²) in [6.07, 6.45) is 7.27. The van der Waals surface area contributed by atoms with E-state index in [0.717, 1.165) is 30.6 Å². The predicted molar refractivity (Wildman–Crippen MR) is 101 cm³/mol. The number of amides is 1. The smallest absolute Gasteiger partial charge is 0.255 e. The van der Waals surface area contributed by atoms with Gasteiger partial charge in [0.2, 0.25) is 0 Å². The van der Waals surface area contributed by atoms with E-state index in [9.17, 15) is 4.79 Å². The molecule has 0 saturated heterocycles. The molecule has 0 atom stereocenters. The molecule has 2 aromatic carbocycles. The van der Waals surface area contributed by atoms with Gasteiger partial charge in [-0.1, -0.05) is 44.2 Å². The maximum Gasteiger partial charge on any atom is 0.255 e. The highest BCUT2D eigenvalue weighted by atomic mass is 16.1. The minimum absolute atomic E-state index is 0.0650. The Kier molecular flexibility index (Phi) is 5.29. The first-order valence-electron chi connectivity index (χ1n) is 8.68. The van der Waals surface area contributed by atoms with E-state index in [1.54, 1.807) is 12.5 Å². The highest BCUT2D eigenvalue weighted by Crippen LogP contribution is 2.23. The summed E-state index contributed by atoms with van der Waals surface area (Å²) in [5, 5.41) is 3.11. The van der Waals surface area contributed by atoms with Crippen LogP contribution in [0.4, 0.5) is 5.69 Å². The third-order valence-electron chi connectivity index (χ3n) is 4.38. The monoisotopic (exact) mass is 333 g/mol. The van der Waals surface area contributed by atoms with Crippen molar-refractivity contribution in [3.63, 3.8) is 0 Å². The minimum atomic E-state index is -0.0650. The van der Waals surface area contributed by atoms with Gasteiger partial charge in [-0.2, -0.15) is 0 Å². The molecule has 0 spiro atoms. The van der Waals surface area contributed by atoms with Crippen molar-refractivity contribution < 1.29 is 4.79 Å². The van der Waals surface area contributed by atoms with E-state index >= 15 is 0 Å². The van der Waals surface area contributed by atoms with Crippen LogP contribution in [0, 0.1) is 0 Å².